The van der Waals surface area contributed by atoms with Crippen LogP contribution in [0.2, 0.25) is 0 Å². The molecule has 0 radical (unpaired) electrons. The lowest BCUT2D eigenvalue weighted by Gasteiger charge is -2.31. The molecule has 4 nitrogen and oxygen atoms in total. The Morgan fingerprint density at radius 1 is 0.722 bits per heavy atom. The highest BCUT2D eigenvalue weighted by Gasteiger charge is 2.29. The van der Waals surface area contributed by atoms with E-state index in [1.807, 2.05) is 41.5 Å². The second-order valence-corrected chi connectivity index (χ2v) is 5.44. The quantitative estimate of drug-likeness (QED) is 0.717. The third-order valence-corrected chi connectivity index (χ3v) is 4.16. The van der Waals surface area contributed by atoms with Crippen LogP contribution in [0.25, 0.3) is 0 Å². The van der Waals surface area contributed by atoms with Gasteiger partial charge >= 0.3 is 11.8 Å². The zero-order valence-electron chi connectivity index (χ0n) is 12.6. The topological polar surface area (TPSA) is 58.2 Å². The van der Waals surface area contributed by atoms with Gasteiger partial charge in [0.25, 0.3) is 0 Å². The minimum absolute atomic E-state index is 0.302. The van der Waals surface area contributed by atoms with Crippen molar-refractivity contribution >= 4 is 11.8 Å². The normalized spacial score (nSPS) is 12.1. The van der Waals surface area contributed by atoms with E-state index in [4.69, 9.17) is 0 Å². The lowest BCUT2D eigenvalue weighted by atomic mass is 9.94. The zero-order valence-corrected chi connectivity index (χ0v) is 12.6. The summed E-state index contributed by atoms with van der Waals surface area (Å²) in [6.07, 6.45) is 3.23. The van der Waals surface area contributed by atoms with Crippen LogP contribution in [0.4, 0.5) is 0 Å². The minimum atomic E-state index is -0.533. The molecule has 0 aliphatic heterocycles. The predicted octanol–water partition coefficient (Wildman–Crippen LogP) is 2.38. The maximum Gasteiger partial charge on any atom is 0.309 e. The van der Waals surface area contributed by atoms with Crippen molar-refractivity contribution in [2.75, 3.05) is 0 Å². The first-order chi connectivity index (χ1) is 8.25. The minimum Gasteiger partial charge on any atom is -0.343 e. The van der Waals surface area contributed by atoms with Crippen LogP contribution in [0.1, 0.15) is 67.2 Å². The molecule has 0 saturated heterocycles. The Hall–Kier alpha value is -1.06. The summed E-state index contributed by atoms with van der Waals surface area (Å²) in [6, 6.07) is 0. The van der Waals surface area contributed by atoms with E-state index >= 15 is 0 Å². The van der Waals surface area contributed by atoms with Crippen molar-refractivity contribution in [3.05, 3.63) is 0 Å². The van der Waals surface area contributed by atoms with Crippen molar-refractivity contribution in [1.29, 1.82) is 0 Å². The predicted molar refractivity (Wildman–Crippen MR) is 74.3 cm³/mol. The summed E-state index contributed by atoms with van der Waals surface area (Å²) in [5.41, 5.74) is -0.605. The summed E-state index contributed by atoms with van der Waals surface area (Å²) in [4.78, 5) is 23.7. The third kappa shape index (κ3) is 4.67. The molecule has 4 heteroatoms. The average Bonchev–Trinajstić information content (AvgIpc) is 2.38. The molecule has 0 aromatic carbocycles. The molecule has 2 N–H and O–H groups in total. The highest BCUT2D eigenvalue weighted by molar-refractivity contribution is 6.35. The van der Waals surface area contributed by atoms with Gasteiger partial charge in [-0.3, -0.25) is 9.59 Å². The highest BCUT2D eigenvalue weighted by Crippen LogP contribution is 2.15. The number of carbonyl (C=O) groups excluding carboxylic acids is 2. The first-order valence-electron chi connectivity index (χ1n) is 6.90. The fourth-order valence-corrected chi connectivity index (χ4v) is 1.52. The number of rotatable bonds is 6. The second-order valence-electron chi connectivity index (χ2n) is 5.44. The summed E-state index contributed by atoms with van der Waals surface area (Å²) in [6.45, 7) is 11.9. The largest absolute Gasteiger partial charge is 0.343 e. The van der Waals surface area contributed by atoms with Gasteiger partial charge in [0.15, 0.2) is 0 Å². The fourth-order valence-electron chi connectivity index (χ4n) is 1.52. The molecule has 18 heavy (non-hydrogen) atoms. The molecule has 0 bridgehead atoms. The Morgan fingerprint density at radius 3 is 1.11 bits per heavy atom. The molecule has 0 rings (SSSR count). The van der Waals surface area contributed by atoms with Crippen LogP contribution < -0.4 is 10.6 Å². The van der Waals surface area contributed by atoms with Crippen LogP contribution in [-0.4, -0.2) is 22.9 Å². The van der Waals surface area contributed by atoms with Gasteiger partial charge < -0.3 is 10.6 Å². The van der Waals surface area contributed by atoms with Gasteiger partial charge in [-0.2, -0.15) is 0 Å². The smallest absolute Gasteiger partial charge is 0.309 e. The Balaban J connectivity index is 4.58. The maximum absolute atomic E-state index is 11.9. The molecule has 0 spiro atoms. The molecular weight excluding hydrogens is 228 g/mol. The van der Waals surface area contributed by atoms with Gasteiger partial charge in [-0.1, -0.05) is 27.7 Å². The molecular formula is C14H28N2O2. The summed E-state index contributed by atoms with van der Waals surface area (Å²) >= 11 is 0. The number of carbonyl (C=O) groups is 2. The lowest BCUT2D eigenvalue weighted by molar-refractivity contribution is -0.141. The van der Waals surface area contributed by atoms with Crippen molar-refractivity contribution in [1.82, 2.24) is 10.6 Å². The molecule has 0 aliphatic rings. The standard InChI is InChI=1S/C14H28N2O2/c1-7-13(5,8-2)15-11(17)12(18)16-14(6,9-3)10-4/h7-10H2,1-6H3,(H,15,17)(H,16,18). The van der Waals surface area contributed by atoms with Gasteiger partial charge in [-0.05, 0) is 39.5 Å². The van der Waals surface area contributed by atoms with Crippen LogP contribution in [0, 0.1) is 0 Å². The third-order valence-electron chi connectivity index (χ3n) is 4.16. The van der Waals surface area contributed by atoms with Gasteiger partial charge in [0.2, 0.25) is 0 Å². The summed E-state index contributed by atoms with van der Waals surface area (Å²) in [5, 5.41) is 5.62. The van der Waals surface area contributed by atoms with Gasteiger partial charge in [-0.15, -0.1) is 0 Å². The Labute approximate surface area is 111 Å². The highest BCUT2D eigenvalue weighted by atomic mass is 16.2. The molecule has 0 aromatic rings. The van der Waals surface area contributed by atoms with Crippen LogP contribution in [0.5, 0.6) is 0 Å². The maximum atomic E-state index is 11.9. The molecule has 2 amide bonds. The summed E-state index contributed by atoms with van der Waals surface area (Å²) in [5.74, 6) is -1.07. The molecule has 0 aromatic heterocycles. The van der Waals surface area contributed by atoms with Gasteiger partial charge in [0.1, 0.15) is 0 Å². The SMILES string of the molecule is CCC(C)(CC)NC(=O)C(=O)NC(C)(CC)CC. The van der Waals surface area contributed by atoms with E-state index in [0.29, 0.717) is 0 Å². The zero-order chi connectivity index (χ0) is 14.4. The number of nitrogens with one attached hydrogen (secondary N) is 2. The van der Waals surface area contributed by atoms with Crippen LogP contribution in [0.3, 0.4) is 0 Å². The Bertz CT molecular complexity index is 262. The van der Waals surface area contributed by atoms with E-state index in [-0.39, 0.29) is 11.1 Å². The first-order valence-corrected chi connectivity index (χ1v) is 6.90. The monoisotopic (exact) mass is 256 g/mol. The summed E-state index contributed by atoms with van der Waals surface area (Å²) < 4.78 is 0. The van der Waals surface area contributed by atoms with E-state index in [1.165, 1.54) is 0 Å². The van der Waals surface area contributed by atoms with Gasteiger partial charge in [0, 0.05) is 11.1 Å². The fraction of sp³-hybridized carbons (Fsp3) is 0.857. The van der Waals surface area contributed by atoms with Crippen molar-refractivity contribution < 1.29 is 9.59 Å². The van der Waals surface area contributed by atoms with E-state index < -0.39 is 11.8 Å². The lowest BCUT2D eigenvalue weighted by Crippen LogP contribution is -2.55. The van der Waals surface area contributed by atoms with Crippen molar-refractivity contribution in [3.63, 3.8) is 0 Å². The molecule has 0 aliphatic carbocycles. The van der Waals surface area contributed by atoms with Gasteiger partial charge in [0.05, 0.1) is 0 Å². The van der Waals surface area contributed by atoms with Gasteiger partial charge in [-0.25, -0.2) is 0 Å². The van der Waals surface area contributed by atoms with Crippen LogP contribution >= 0.6 is 0 Å². The molecule has 0 unspecified atom stereocenters. The molecule has 0 fully saturated rings. The van der Waals surface area contributed by atoms with E-state index in [9.17, 15) is 9.59 Å². The summed E-state index contributed by atoms with van der Waals surface area (Å²) in [7, 11) is 0. The number of hydrogen-bond acceptors (Lipinski definition) is 2. The number of amides is 2. The van der Waals surface area contributed by atoms with E-state index in [0.717, 1.165) is 25.7 Å². The van der Waals surface area contributed by atoms with Crippen LogP contribution in [-0.2, 0) is 9.59 Å². The number of hydrogen-bond donors (Lipinski definition) is 2. The van der Waals surface area contributed by atoms with Crippen molar-refractivity contribution in [2.24, 2.45) is 0 Å². The van der Waals surface area contributed by atoms with E-state index in [2.05, 4.69) is 10.6 Å². The second kappa shape index (κ2) is 6.76. The molecule has 0 heterocycles. The molecule has 106 valence electrons. The Morgan fingerprint density at radius 2 is 0.944 bits per heavy atom. The molecule has 0 saturated carbocycles. The van der Waals surface area contributed by atoms with Crippen molar-refractivity contribution in [2.45, 2.75) is 78.3 Å². The van der Waals surface area contributed by atoms with Crippen LogP contribution in [0.15, 0.2) is 0 Å². The average molecular weight is 256 g/mol. The van der Waals surface area contributed by atoms with E-state index in [1.54, 1.807) is 0 Å². The van der Waals surface area contributed by atoms with Crippen molar-refractivity contribution in [3.8, 4) is 0 Å². The Kier molecular flexibility index (Phi) is 6.36. The first kappa shape index (κ1) is 16.9. The molecule has 0 atom stereocenters.